The lowest BCUT2D eigenvalue weighted by Gasteiger charge is -2.04. The Bertz CT molecular complexity index is 681. The third-order valence-corrected chi connectivity index (χ3v) is 3.25. The molecule has 0 saturated carbocycles. The zero-order valence-electron chi connectivity index (χ0n) is 10.2. The summed E-state index contributed by atoms with van der Waals surface area (Å²) >= 11 is 11.4. The third-order valence-electron chi connectivity index (χ3n) is 2.62. The number of alkyl halides is 3. The van der Waals surface area contributed by atoms with Crippen LogP contribution in [0.1, 0.15) is 21.6 Å². The van der Waals surface area contributed by atoms with Crippen LogP contribution in [0.3, 0.4) is 0 Å². The number of hydrogen-bond acceptors (Lipinski definition) is 2. The number of carbonyl (C=O) groups is 1. The molecule has 4 nitrogen and oxygen atoms in total. The first-order valence-electron chi connectivity index (χ1n) is 5.51. The van der Waals surface area contributed by atoms with Gasteiger partial charge >= 0.3 is 12.1 Å². The Morgan fingerprint density at radius 1 is 1.24 bits per heavy atom. The highest BCUT2D eigenvalue weighted by Crippen LogP contribution is 2.34. The summed E-state index contributed by atoms with van der Waals surface area (Å²) in [6.45, 7) is -0.105. The third kappa shape index (κ3) is 3.30. The van der Waals surface area contributed by atoms with Crippen LogP contribution in [0.15, 0.2) is 24.3 Å². The zero-order chi connectivity index (χ0) is 15.8. The van der Waals surface area contributed by atoms with Gasteiger partial charge in [0.25, 0.3) is 0 Å². The number of aromatic carboxylic acids is 1. The van der Waals surface area contributed by atoms with E-state index >= 15 is 0 Å². The Kier molecular flexibility index (Phi) is 4.15. The van der Waals surface area contributed by atoms with Gasteiger partial charge in [0.15, 0.2) is 5.69 Å². The van der Waals surface area contributed by atoms with Crippen molar-refractivity contribution in [3.8, 4) is 0 Å². The number of carboxylic acid groups (broad SMARTS) is 1. The molecule has 0 saturated heterocycles. The average molecular weight is 339 g/mol. The molecule has 2 rings (SSSR count). The molecule has 0 fully saturated rings. The molecule has 1 N–H and O–H groups in total. The predicted molar refractivity (Wildman–Crippen MR) is 69.8 cm³/mol. The molecule has 0 amide bonds. The van der Waals surface area contributed by atoms with Crippen molar-refractivity contribution >= 4 is 29.2 Å². The van der Waals surface area contributed by atoms with Crippen LogP contribution < -0.4 is 0 Å². The zero-order valence-corrected chi connectivity index (χ0v) is 11.7. The molecule has 0 radical (unpaired) electrons. The highest BCUT2D eigenvalue weighted by atomic mass is 35.5. The van der Waals surface area contributed by atoms with Gasteiger partial charge in [0, 0.05) is 5.02 Å². The van der Waals surface area contributed by atoms with E-state index in [0.29, 0.717) is 10.6 Å². The second-order valence-corrected chi connectivity index (χ2v) is 4.90. The molecule has 0 atom stereocenters. The van der Waals surface area contributed by atoms with E-state index in [1.165, 1.54) is 0 Å². The molecule has 9 heteroatoms. The lowest BCUT2D eigenvalue weighted by atomic mass is 10.2. The molecular weight excluding hydrogens is 332 g/mol. The Hall–Kier alpha value is -1.73. The first-order chi connectivity index (χ1) is 9.70. The van der Waals surface area contributed by atoms with Crippen molar-refractivity contribution in [2.24, 2.45) is 0 Å². The van der Waals surface area contributed by atoms with Crippen LogP contribution in [0.4, 0.5) is 13.2 Å². The second-order valence-electron chi connectivity index (χ2n) is 4.10. The lowest BCUT2D eigenvalue weighted by Crippen LogP contribution is -2.12. The monoisotopic (exact) mass is 338 g/mol. The van der Waals surface area contributed by atoms with Crippen LogP contribution in [-0.2, 0) is 12.7 Å². The van der Waals surface area contributed by atoms with Crippen LogP contribution in [0.25, 0.3) is 0 Å². The van der Waals surface area contributed by atoms with Crippen molar-refractivity contribution in [2.45, 2.75) is 12.7 Å². The van der Waals surface area contributed by atoms with Crippen LogP contribution in [0.5, 0.6) is 0 Å². The Labute approximate surface area is 126 Å². The molecule has 0 aliphatic rings. The topological polar surface area (TPSA) is 55.1 Å². The molecule has 1 heterocycles. The molecule has 0 aliphatic carbocycles. The number of hydrogen-bond donors (Lipinski definition) is 1. The van der Waals surface area contributed by atoms with Crippen molar-refractivity contribution in [2.75, 3.05) is 0 Å². The summed E-state index contributed by atoms with van der Waals surface area (Å²) in [6, 6.07) is 6.26. The average Bonchev–Trinajstić information content (AvgIpc) is 2.70. The standard InChI is InChI=1S/C12H7Cl2F3N2O2/c13-7-3-1-6(2-4-7)5-19-10(14)8(11(20)21)9(18-19)12(15,16)17/h1-4H,5H2,(H,20,21). The summed E-state index contributed by atoms with van der Waals surface area (Å²) in [5, 5.41) is 12.0. The molecule has 1 aromatic heterocycles. The van der Waals surface area contributed by atoms with Crippen molar-refractivity contribution in [3.63, 3.8) is 0 Å². The van der Waals surface area contributed by atoms with E-state index < -0.39 is 28.6 Å². The Balaban J connectivity index is 2.45. The van der Waals surface area contributed by atoms with Crippen molar-refractivity contribution in [1.29, 1.82) is 0 Å². The molecule has 2 aromatic rings. The van der Waals surface area contributed by atoms with Crippen LogP contribution >= 0.6 is 23.2 Å². The van der Waals surface area contributed by atoms with E-state index in [1.54, 1.807) is 24.3 Å². The fourth-order valence-corrected chi connectivity index (χ4v) is 2.09. The van der Waals surface area contributed by atoms with E-state index in [9.17, 15) is 18.0 Å². The van der Waals surface area contributed by atoms with Gasteiger partial charge in [0.05, 0.1) is 6.54 Å². The number of rotatable bonds is 3. The quantitative estimate of drug-likeness (QED) is 0.921. The van der Waals surface area contributed by atoms with Gasteiger partial charge < -0.3 is 5.11 Å². The first-order valence-corrected chi connectivity index (χ1v) is 6.27. The molecule has 0 bridgehead atoms. The smallest absolute Gasteiger partial charge is 0.436 e. The minimum atomic E-state index is -4.90. The Morgan fingerprint density at radius 3 is 2.24 bits per heavy atom. The van der Waals surface area contributed by atoms with Gasteiger partial charge in [-0.1, -0.05) is 35.3 Å². The maximum absolute atomic E-state index is 12.8. The molecule has 0 spiro atoms. The largest absolute Gasteiger partial charge is 0.478 e. The van der Waals surface area contributed by atoms with Gasteiger partial charge in [0.1, 0.15) is 10.7 Å². The molecule has 112 valence electrons. The fourth-order valence-electron chi connectivity index (χ4n) is 1.70. The summed E-state index contributed by atoms with van der Waals surface area (Å²) in [5.74, 6) is -1.78. The molecule has 21 heavy (non-hydrogen) atoms. The highest BCUT2D eigenvalue weighted by Gasteiger charge is 2.41. The second kappa shape index (κ2) is 5.57. The number of nitrogens with zero attached hydrogens (tertiary/aromatic N) is 2. The maximum atomic E-state index is 12.8. The van der Waals surface area contributed by atoms with Gasteiger partial charge in [-0.3, -0.25) is 0 Å². The predicted octanol–water partition coefficient (Wildman–Crippen LogP) is 3.96. The number of aromatic nitrogens is 2. The van der Waals surface area contributed by atoms with Crippen LogP contribution in [-0.4, -0.2) is 20.9 Å². The van der Waals surface area contributed by atoms with Gasteiger partial charge in [-0.2, -0.15) is 18.3 Å². The van der Waals surface area contributed by atoms with E-state index in [4.69, 9.17) is 28.3 Å². The Morgan fingerprint density at radius 2 is 1.81 bits per heavy atom. The van der Waals surface area contributed by atoms with E-state index in [-0.39, 0.29) is 6.54 Å². The van der Waals surface area contributed by atoms with Crippen molar-refractivity contribution < 1.29 is 23.1 Å². The van der Waals surface area contributed by atoms with E-state index in [2.05, 4.69) is 5.10 Å². The van der Waals surface area contributed by atoms with Crippen molar-refractivity contribution in [1.82, 2.24) is 9.78 Å². The van der Waals surface area contributed by atoms with Crippen LogP contribution in [0.2, 0.25) is 10.2 Å². The fraction of sp³-hybridized carbons (Fsp3) is 0.167. The van der Waals surface area contributed by atoms with Gasteiger partial charge in [0.2, 0.25) is 0 Å². The normalized spacial score (nSPS) is 11.7. The first kappa shape index (κ1) is 15.7. The lowest BCUT2D eigenvalue weighted by molar-refractivity contribution is -0.142. The number of carboxylic acids is 1. The number of halogens is 5. The minimum Gasteiger partial charge on any atom is -0.478 e. The summed E-state index contributed by atoms with van der Waals surface area (Å²) in [7, 11) is 0. The number of benzene rings is 1. The summed E-state index contributed by atoms with van der Waals surface area (Å²) in [5.41, 5.74) is -2.00. The molecule has 0 unspecified atom stereocenters. The summed E-state index contributed by atoms with van der Waals surface area (Å²) < 4.78 is 39.1. The maximum Gasteiger partial charge on any atom is 0.436 e. The van der Waals surface area contributed by atoms with Crippen molar-refractivity contribution in [3.05, 3.63) is 51.3 Å². The molecular formula is C12H7Cl2F3N2O2. The van der Waals surface area contributed by atoms with E-state index in [0.717, 1.165) is 4.68 Å². The minimum absolute atomic E-state index is 0.105. The summed E-state index contributed by atoms with van der Waals surface area (Å²) in [6.07, 6.45) is -4.90. The van der Waals surface area contributed by atoms with Crippen LogP contribution in [0, 0.1) is 0 Å². The SMILES string of the molecule is O=C(O)c1c(C(F)(F)F)nn(Cc2ccc(Cl)cc2)c1Cl. The van der Waals surface area contributed by atoms with Gasteiger partial charge in [-0.05, 0) is 17.7 Å². The highest BCUT2D eigenvalue weighted by molar-refractivity contribution is 6.32. The summed E-state index contributed by atoms with van der Waals surface area (Å²) in [4.78, 5) is 10.9. The van der Waals surface area contributed by atoms with E-state index in [1.807, 2.05) is 0 Å². The van der Waals surface area contributed by atoms with Gasteiger partial charge in [-0.15, -0.1) is 0 Å². The molecule has 0 aliphatic heterocycles. The van der Waals surface area contributed by atoms with Gasteiger partial charge in [-0.25, -0.2) is 9.48 Å². The molecule has 1 aromatic carbocycles.